The maximum Gasteiger partial charge on any atom is 0.302 e. The molecule has 4 aliphatic carbocycles. The van der Waals surface area contributed by atoms with E-state index in [1.54, 1.807) is 12.5 Å². The van der Waals surface area contributed by atoms with Crippen LogP contribution in [0.2, 0.25) is 0 Å². The molecular weight excluding hydrogens is 396 g/mol. The van der Waals surface area contributed by atoms with E-state index in [9.17, 15) is 9.90 Å². The highest BCUT2D eigenvalue weighted by atomic mass is 16.5. The van der Waals surface area contributed by atoms with Crippen LogP contribution in [0.5, 0.6) is 0 Å². The molecule has 0 unspecified atom stereocenters. The van der Waals surface area contributed by atoms with Gasteiger partial charge in [0.25, 0.3) is 0 Å². The Kier molecular flexibility index (Phi) is 6.90. The molecule has 3 nitrogen and oxygen atoms in total. The Balaban J connectivity index is 1.49. The lowest BCUT2D eigenvalue weighted by molar-refractivity contribution is -0.148. The zero-order valence-corrected chi connectivity index (χ0v) is 21.5. The molecule has 0 spiro atoms. The average molecular weight is 445 g/mol. The number of carbonyl (C=O) groups is 1. The zero-order chi connectivity index (χ0) is 23.3. The standard InChI is InChI=1S/C29H48O3/c1-18(2)7-12-27(31)19(3)24-10-11-25-23-9-8-21-17-22(32-20(4)30)13-15-28(21,5)26(23)14-16-29(24,25)6/h8,18-19,22-27,31H,7,9-17H2,1-6H3/t19-,22-,23-,24+,25-,26-,27-,28-,29+/m0/s1. The van der Waals surface area contributed by atoms with Crippen LogP contribution < -0.4 is 0 Å². The Bertz CT molecular complexity index is 726. The predicted molar refractivity (Wildman–Crippen MR) is 130 cm³/mol. The lowest BCUT2D eigenvalue weighted by atomic mass is 9.47. The Hall–Kier alpha value is -0.830. The summed E-state index contributed by atoms with van der Waals surface area (Å²) in [5, 5.41) is 11.0. The van der Waals surface area contributed by atoms with Crippen LogP contribution in [0.4, 0.5) is 0 Å². The number of fused-ring (bicyclic) bond motifs is 5. The Morgan fingerprint density at radius 3 is 2.53 bits per heavy atom. The Labute approximate surface area is 196 Å². The van der Waals surface area contributed by atoms with Gasteiger partial charge in [-0.3, -0.25) is 4.79 Å². The number of ether oxygens (including phenoxy) is 1. The van der Waals surface area contributed by atoms with E-state index in [1.807, 2.05) is 0 Å². The van der Waals surface area contributed by atoms with E-state index in [0.29, 0.717) is 28.6 Å². The van der Waals surface area contributed by atoms with Gasteiger partial charge in [0, 0.05) is 13.3 Å². The van der Waals surface area contributed by atoms with Gasteiger partial charge in [-0.15, -0.1) is 0 Å². The highest BCUT2D eigenvalue weighted by Crippen LogP contribution is 2.67. The first kappa shape index (κ1) is 24.3. The van der Waals surface area contributed by atoms with Crippen LogP contribution in [0.15, 0.2) is 11.6 Å². The van der Waals surface area contributed by atoms with Crippen molar-refractivity contribution in [1.82, 2.24) is 0 Å². The third-order valence-electron chi connectivity index (χ3n) is 10.7. The molecule has 0 saturated heterocycles. The molecule has 4 rings (SSSR count). The highest BCUT2D eigenvalue weighted by molar-refractivity contribution is 5.66. The molecule has 3 saturated carbocycles. The minimum absolute atomic E-state index is 0.0845. The molecule has 0 aromatic carbocycles. The van der Waals surface area contributed by atoms with Crippen molar-refractivity contribution >= 4 is 5.97 Å². The van der Waals surface area contributed by atoms with Crippen molar-refractivity contribution in [3.8, 4) is 0 Å². The molecule has 0 bridgehead atoms. The first-order valence-corrected chi connectivity index (χ1v) is 13.6. The largest absolute Gasteiger partial charge is 0.462 e. The van der Waals surface area contributed by atoms with E-state index in [2.05, 4.69) is 40.7 Å². The summed E-state index contributed by atoms with van der Waals surface area (Å²) in [4.78, 5) is 11.5. The van der Waals surface area contributed by atoms with Crippen molar-refractivity contribution in [3.63, 3.8) is 0 Å². The minimum atomic E-state index is -0.150. The molecule has 0 radical (unpaired) electrons. The summed E-state index contributed by atoms with van der Waals surface area (Å²) in [7, 11) is 0. The van der Waals surface area contributed by atoms with Gasteiger partial charge in [-0.2, -0.15) is 0 Å². The van der Waals surface area contributed by atoms with Crippen LogP contribution in [0.3, 0.4) is 0 Å². The third kappa shape index (κ3) is 4.21. The van der Waals surface area contributed by atoms with Crippen LogP contribution in [-0.2, 0) is 9.53 Å². The van der Waals surface area contributed by atoms with Crippen molar-refractivity contribution < 1.29 is 14.6 Å². The van der Waals surface area contributed by atoms with E-state index in [1.165, 1.54) is 32.1 Å². The number of esters is 1. The van der Waals surface area contributed by atoms with Crippen molar-refractivity contribution in [1.29, 1.82) is 0 Å². The number of hydrogen-bond donors (Lipinski definition) is 1. The maximum atomic E-state index is 11.5. The first-order chi connectivity index (χ1) is 15.1. The van der Waals surface area contributed by atoms with Crippen molar-refractivity contribution in [3.05, 3.63) is 11.6 Å². The van der Waals surface area contributed by atoms with Gasteiger partial charge in [-0.05, 0) is 104 Å². The second-order valence-electron chi connectivity index (χ2n) is 12.9. The normalized spacial score (nSPS) is 43.0. The third-order valence-corrected chi connectivity index (χ3v) is 10.7. The SMILES string of the molecule is CC(=O)O[C@H]1CC[C@@]2(C)C(=CC[C@H]3[C@@H]4CC[C@H]([C@H](C)[C@@H](O)CCC(C)C)[C@@]4(C)CC[C@@H]32)C1. The summed E-state index contributed by atoms with van der Waals surface area (Å²) in [5.41, 5.74) is 2.25. The van der Waals surface area contributed by atoms with Gasteiger partial charge in [0.1, 0.15) is 6.10 Å². The molecule has 32 heavy (non-hydrogen) atoms. The molecule has 0 heterocycles. The molecule has 3 heteroatoms. The van der Waals surface area contributed by atoms with Crippen LogP contribution in [0.1, 0.15) is 106 Å². The topological polar surface area (TPSA) is 46.5 Å². The highest BCUT2D eigenvalue weighted by Gasteiger charge is 2.59. The summed E-state index contributed by atoms with van der Waals surface area (Å²) in [6.07, 6.45) is 14.2. The Morgan fingerprint density at radius 1 is 1.09 bits per heavy atom. The van der Waals surface area contributed by atoms with E-state index in [4.69, 9.17) is 4.74 Å². The monoisotopic (exact) mass is 444 g/mol. The van der Waals surface area contributed by atoms with E-state index >= 15 is 0 Å². The molecule has 4 aliphatic rings. The quantitative estimate of drug-likeness (QED) is 0.357. The van der Waals surface area contributed by atoms with E-state index < -0.39 is 0 Å². The summed E-state index contributed by atoms with van der Waals surface area (Å²) in [5.74, 6) is 3.96. The van der Waals surface area contributed by atoms with Crippen LogP contribution in [-0.4, -0.2) is 23.3 Å². The van der Waals surface area contributed by atoms with Gasteiger partial charge in [-0.25, -0.2) is 0 Å². The van der Waals surface area contributed by atoms with Crippen molar-refractivity contribution in [2.75, 3.05) is 0 Å². The van der Waals surface area contributed by atoms with Crippen LogP contribution in [0.25, 0.3) is 0 Å². The molecule has 1 N–H and O–H groups in total. The summed E-state index contributed by atoms with van der Waals surface area (Å²) in [6.45, 7) is 13.5. The second kappa shape index (κ2) is 9.08. The van der Waals surface area contributed by atoms with Crippen LogP contribution >= 0.6 is 0 Å². The molecule has 0 aromatic rings. The van der Waals surface area contributed by atoms with Gasteiger partial charge in [0.15, 0.2) is 0 Å². The maximum absolute atomic E-state index is 11.5. The lowest BCUT2D eigenvalue weighted by Crippen LogP contribution is -2.51. The molecule has 9 atom stereocenters. The molecular formula is C29H48O3. The van der Waals surface area contributed by atoms with E-state index in [-0.39, 0.29) is 18.2 Å². The summed E-state index contributed by atoms with van der Waals surface area (Å²) in [6, 6.07) is 0. The minimum Gasteiger partial charge on any atom is -0.462 e. The Morgan fingerprint density at radius 2 is 1.84 bits per heavy atom. The molecule has 0 aliphatic heterocycles. The van der Waals surface area contributed by atoms with Gasteiger partial charge in [-0.1, -0.05) is 46.3 Å². The van der Waals surface area contributed by atoms with Crippen molar-refractivity contribution in [2.24, 2.45) is 46.3 Å². The van der Waals surface area contributed by atoms with Gasteiger partial charge >= 0.3 is 5.97 Å². The number of carbonyl (C=O) groups excluding carboxylic acids is 1. The smallest absolute Gasteiger partial charge is 0.302 e. The molecule has 3 fully saturated rings. The fourth-order valence-corrected chi connectivity index (χ4v) is 8.90. The van der Waals surface area contributed by atoms with Gasteiger partial charge in [0.2, 0.25) is 0 Å². The van der Waals surface area contributed by atoms with Crippen LogP contribution in [0, 0.1) is 46.3 Å². The zero-order valence-electron chi connectivity index (χ0n) is 21.5. The van der Waals surface area contributed by atoms with E-state index in [0.717, 1.165) is 49.9 Å². The lowest BCUT2D eigenvalue weighted by Gasteiger charge is -2.58. The number of allylic oxidation sites excluding steroid dienone is 1. The van der Waals surface area contributed by atoms with Crippen molar-refractivity contribution in [2.45, 2.75) is 118 Å². The fraction of sp³-hybridized carbons (Fsp3) is 0.897. The van der Waals surface area contributed by atoms with Gasteiger partial charge < -0.3 is 9.84 Å². The molecule has 0 amide bonds. The first-order valence-electron chi connectivity index (χ1n) is 13.6. The average Bonchev–Trinajstić information content (AvgIpc) is 3.08. The fourth-order valence-electron chi connectivity index (χ4n) is 8.90. The molecule has 0 aromatic heterocycles. The molecule has 182 valence electrons. The summed E-state index contributed by atoms with van der Waals surface area (Å²) >= 11 is 0. The number of aliphatic hydroxyl groups excluding tert-OH is 1. The second-order valence-corrected chi connectivity index (χ2v) is 12.9. The predicted octanol–water partition coefficient (Wildman–Crippen LogP) is 6.93. The summed E-state index contributed by atoms with van der Waals surface area (Å²) < 4.78 is 5.60. The number of hydrogen-bond acceptors (Lipinski definition) is 3. The number of rotatable bonds is 6. The number of aliphatic hydroxyl groups is 1. The van der Waals surface area contributed by atoms with Gasteiger partial charge in [0.05, 0.1) is 6.10 Å².